The van der Waals surface area contributed by atoms with Crippen LogP contribution >= 0.6 is 11.3 Å². The molecule has 0 saturated carbocycles. The predicted molar refractivity (Wildman–Crippen MR) is 131 cm³/mol. The van der Waals surface area contributed by atoms with Crippen molar-refractivity contribution in [2.75, 3.05) is 40.4 Å². The van der Waals surface area contributed by atoms with Gasteiger partial charge in [0.15, 0.2) is 5.82 Å². The molecule has 0 radical (unpaired) electrons. The predicted octanol–water partition coefficient (Wildman–Crippen LogP) is 3.42. The Labute approximate surface area is 203 Å². The van der Waals surface area contributed by atoms with Gasteiger partial charge in [0.1, 0.15) is 11.4 Å². The van der Waals surface area contributed by atoms with Crippen molar-refractivity contribution < 1.29 is 19.1 Å². The minimum atomic E-state index is -0.620. The van der Waals surface area contributed by atoms with Crippen molar-refractivity contribution in [2.24, 2.45) is 0 Å². The molecular formula is C25H30N4O4S. The minimum Gasteiger partial charge on any atom is -0.480 e. The first-order valence-corrected chi connectivity index (χ1v) is 12.1. The van der Waals surface area contributed by atoms with Gasteiger partial charge in [0.25, 0.3) is 5.91 Å². The van der Waals surface area contributed by atoms with E-state index in [0.29, 0.717) is 47.6 Å². The van der Waals surface area contributed by atoms with Crippen molar-refractivity contribution in [3.8, 4) is 5.88 Å². The Kier molecular flexibility index (Phi) is 6.86. The zero-order chi connectivity index (χ0) is 24.5. The van der Waals surface area contributed by atoms with E-state index in [1.165, 1.54) is 11.3 Å². The highest BCUT2D eigenvalue weighted by molar-refractivity contribution is 7.20. The van der Waals surface area contributed by atoms with Crippen LogP contribution in [0.5, 0.6) is 5.88 Å². The van der Waals surface area contributed by atoms with Gasteiger partial charge in [0.05, 0.1) is 22.8 Å². The van der Waals surface area contributed by atoms with Crippen molar-refractivity contribution in [3.63, 3.8) is 0 Å². The summed E-state index contributed by atoms with van der Waals surface area (Å²) in [6, 6.07) is 9.82. The third kappa shape index (κ3) is 4.37. The van der Waals surface area contributed by atoms with E-state index >= 15 is 0 Å². The summed E-state index contributed by atoms with van der Waals surface area (Å²) < 4.78 is 10.6. The number of carbonyl (C=O) groups is 2. The second-order valence-corrected chi connectivity index (χ2v) is 9.89. The number of nitrogens with zero attached hydrogens (tertiary/aromatic N) is 4. The van der Waals surface area contributed by atoms with Crippen molar-refractivity contribution in [2.45, 2.75) is 32.8 Å². The average molecular weight is 483 g/mol. The third-order valence-electron chi connectivity index (χ3n) is 6.35. The Hall–Kier alpha value is -3.04. The van der Waals surface area contributed by atoms with Crippen LogP contribution in [-0.4, -0.2) is 72.0 Å². The van der Waals surface area contributed by atoms with E-state index in [-0.39, 0.29) is 18.4 Å². The summed E-state index contributed by atoms with van der Waals surface area (Å²) in [5.41, 5.74) is 1.18. The minimum absolute atomic E-state index is 0.0507. The maximum absolute atomic E-state index is 13.4. The van der Waals surface area contributed by atoms with Crippen LogP contribution in [0.25, 0.3) is 10.2 Å². The lowest BCUT2D eigenvalue weighted by Gasteiger charge is -2.38. The molecule has 9 heteroatoms. The van der Waals surface area contributed by atoms with Gasteiger partial charge in [-0.15, -0.1) is 11.3 Å². The van der Waals surface area contributed by atoms with Crippen molar-refractivity contribution >= 4 is 33.4 Å². The number of hydrogen-bond acceptors (Lipinski definition) is 7. The maximum atomic E-state index is 13.4. The molecule has 0 unspecified atom stereocenters. The van der Waals surface area contributed by atoms with Gasteiger partial charge in [-0.2, -0.15) is 4.98 Å². The highest BCUT2D eigenvalue weighted by Crippen LogP contribution is 2.36. The molecule has 1 aromatic carbocycles. The first-order chi connectivity index (χ1) is 16.3. The number of benzene rings is 1. The number of rotatable bonds is 6. The molecule has 0 spiro atoms. The van der Waals surface area contributed by atoms with Crippen LogP contribution in [0, 0.1) is 6.92 Å². The van der Waals surface area contributed by atoms with Gasteiger partial charge >= 0.3 is 0 Å². The highest BCUT2D eigenvalue weighted by atomic mass is 32.1. The lowest BCUT2D eigenvalue weighted by Crippen LogP contribution is -2.54. The summed E-state index contributed by atoms with van der Waals surface area (Å²) in [4.78, 5) is 40.7. The fourth-order valence-corrected chi connectivity index (χ4v) is 5.48. The van der Waals surface area contributed by atoms with Crippen LogP contribution in [0.4, 0.5) is 0 Å². The topological polar surface area (TPSA) is 84.9 Å². The van der Waals surface area contributed by atoms with Gasteiger partial charge in [0, 0.05) is 33.3 Å². The molecule has 180 valence electrons. The molecule has 0 bridgehead atoms. The number of aromatic nitrogens is 2. The maximum Gasteiger partial charge on any atom is 0.264 e. The summed E-state index contributed by atoms with van der Waals surface area (Å²) in [6.07, 6.45) is 0. The number of methoxy groups -OCH3 is 2. The fraction of sp³-hybridized carbons (Fsp3) is 0.440. The monoisotopic (exact) mass is 482 g/mol. The number of piperazine rings is 1. The summed E-state index contributed by atoms with van der Waals surface area (Å²) in [7, 11) is 3.14. The molecule has 1 fully saturated rings. The van der Waals surface area contributed by atoms with E-state index in [1.54, 1.807) is 14.2 Å². The zero-order valence-corrected chi connectivity index (χ0v) is 21.1. The Morgan fingerprint density at radius 2 is 1.68 bits per heavy atom. The quantitative estimate of drug-likeness (QED) is 0.535. The van der Waals surface area contributed by atoms with Gasteiger partial charge in [-0.3, -0.25) is 9.59 Å². The lowest BCUT2D eigenvalue weighted by molar-refractivity contribution is -0.137. The van der Waals surface area contributed by atoms with Crippen LogP contribution in [-0.2, 0) is 21.6 Å². The summed E-state index contributed by atoms with van der Waals surface area (Å²) in [6.45, 7) is 8.06. The molecule has 0 N–H and O–H groups in total. The van der Waals surface area contributed by atoms with Crippen molar-refractivity contribution in [3.05, 3.63) is 52.2 Å². The molecule has 4 rings (SSSR count). The van der Waals surface area contributed by atoms with E-state index in [0.717, 1.165) is 16.5 Å². The Morgan fingerprint density at radius 1 is 1.03 bits per heavy atom. The van der Waals surface area contributed by atoms with Crippen LogP contribution in [0.15, 0.2) is 30.3 Å². The number of hydrogen-bond donors (Lipinski definition) is 0. The molecule has 1 saturated heterocycles. The number of thiophene rings is 1. The highest BCUT2D eigenvalue weighted by Gasteiger charge is 2.36. The molecule has 34 heavy (non-hydrogen) atoms. The summed E-state index contributed by atoms with van der Waals surface area (Å²) in [5.74, 6) is 0.989. The first kappa shape index (κ1) is 24.1. The van der Waals surface area contributed by atoms with Crippen LogP contribution < -0.4 is 4.74 Å². The second-order valence-electron chi connectivity index (χ2n) is 8.89. The molecule has 3 heterocycles. The van der Waals surface area contributed by atoms with E-state index in [1.807, 2.05) is 60.9 Å². The van der Waals surface area contributed by atoms with Crippen LogP contribution in [0.3, 0.4) is 0 Å². The zero-order valence-electron chi connectivity index (χ0n) is 20.3. The van der Waals surface area contributed by atoms with Crippen molar-refractivity contribution in [1.82, 2.24) is 19.8 Å². The molecule has 1 aliphatic rings. The molecule has 1 aliphatic heterocycles. The molecule has 8 nitrogen and oxygen atoms in total. The van der Waals surface area contributed by atoms with Gasteiger partial charge in [0.2, 0.25) is 11.8 Å². The summed E-state index contributed by atoms with van der Waals surface area (Å²) in [5, 5.41) is 0.758. The molecule has 3 aromatic rings. The normalized spacial score (nSPS) is 14.5. The molecular weight excluding hydrogens is 452 g/mol. The van der Waals surface area contributed by atoms with Gasteiger partial charge in [-0.25, -0.2) is 4.98 Å². The SMILES string of the molecule is COCc1nc(OC)c2c(C)c(C(=O)N3CCN(C(=O)C(C)(C)c4ccccc4)CC3)sc2n1. The number of aryl methyl sites for hydroxylation is 1. The standard InChI is InChI=1S/C25H30N4O4S/c1-16-19-21(33-5)26-18(15-32-4)27-22(19)34-20(16)23(30)28-11-13-29(14-12-28)24(31)25(2,3)17-9-7-6-8-10-17/h6-10H,11-15H2,1-5H3. The van der Waals surface area contributed by atoms with Crippen LogP contribution in [0.2, 0.25) is 0 Å². The van der Waals surface area contributed by atoms with E-state index < -0.39 is 5.41 Å². The molecule has 0 aliphatic carbocycles. The van der Waals surface area contributed by atoms with Gasteiger partial charge in [-0.1, -0.05) is 30.3 Å². The Bertz CT molecular complexity index is 1200. The van der Waals surface area contributed by atoms with Gasteiger partial charge in [-0.05, 0) is 31.9 Å². The number of ether oxygens (including phenoxy) is 2. The fourth-order valence-electron chi connectivity index (χ4n) is 4.32. The van der Waals surface area contributed by atoms with Gasteiger partial charge < -0.3 is 19.3 Å². The van der Waals surface area contributed by atoms with E-state index in [2.05, 4.69) is 9.97 Å². The second kappa shape index (κ2) is 9.68. The molecule has 2 aromatic heterocycles. The Balaban J connectivity index is 1.50. The van der Waals surface area contributed by atoms with E-state index in [4.69, 9.17) is 9.47 Å². The number of carbonyl (C=O) groups excluding carboxylic acids is 2. The molecule has 2 amide bonds. The first-order valence-electron chi connectivity index (χ1n) is 11.2. The van der Waals surface area contributed by atoms with Crippen molar-refractivity contribution in [1.29, 1.82) is 0 Å². The largest absolute Gasteiger partial charge is 0.480 e. The van der Waals surface area contributed by atoms with Crippen LogP contribution in [0.1, 0.15) is 40.5 Å². The Morgan fingerprint density at radius 3 is 2.29 bits per heavy atom. The molecule has 0 atom stereocenters. The third-order valence-corrected chi connectivity index (χ3v) is 7.52. The van der Waals surface area contributed by atoms with E-state index in [9.17, 15) is 9.59 Å². The number of amides is 2. The smallest absolute Gasteiger partial charge is 0.264 e. The number of fused-ring (bicyclic) bond motifs is 1. The lowest BCUT2D eigenvalue weighted by atomic mass is 9.83. The average Bonchev–Trinajstić information content (AvgIpc) is 3.19. The summed E-state index contributed by atoms with van der Waals surface area (Å²) >= 11 is 1.35.